The second-order valence-electron chi connectivity index (χ2n) is 5.75. The van der Waals surface area contributed by atoms with Crippen LogP contribution >= 0.6 is 39.9 Å². The van der Waals surface area contributed by atoms with E-state index in [0.29, 0.717) is 18.4 Å². The highest BCUT2D eigenvalue weighted by Crippen LogP contribution is 2.25. The average Bonchev–Trinajstić information content (AvgIpc) is 2.69. The number of thioether (sulfide) groups is 1. The monoisotopic (exact) mass is 449 g/mol. The first-order valence-corrected chi connectivity index (χ1v) is 10.6. The minimum atomic E-state index is 0.503. The maximum atomic E-state index is 6.08. The van der Waals surface area contributed by atoms with Crippen LogP contribution in [-0.2, 0) is 15.2 Å². The molecule has 1 heterocycles. The van der Waals surface area contributed by atoms with Crippen LogP contribution in [0.25, 0.3) is 5.76 Å². The summed E-state index contributed by atoms with van der Waals surface area (Å²) in [5.41, 5.74) is 2.28. The summed E-state index contributed by atoms with van der Waals surface area (Å²) in [4.78, 5) is 2.05. The maximum absolute atomic E-state index is 6.08. The Morgan fingerprint density at radius 2 is 1.81 bits per heavy atom. The molecule has 2 aromatic rings. The van der Waals surface area contributed by atoms with Crippen molar-refractivity contribution in [1.82, 2.24) is 4.90 Å². The van der Waals surface area contributed by atoms with Crippen molar-refractivity contribution in [3.05, 3.63) is 75.6 Å². The highest BCUT2D eigenvalue weighted by molar-refractivity contribution is 9.10. The van der Waals surface area contributed by atoms with Gasteiger partial charge in [-0.2, -0.15) is 0 Å². The summed E-state index contributed by atoms with van der Waals surface area (Å²) in [6, 6.07) is 18.5. The number of morpholine rings is 1. The van der Waals surface area contributed by atoms with Gasteiger partial charge < -0.3 is 14.4 Å². The van der Waals surface area contributed by atoms with Crippen molar-refractivity contribution in [3.63, 3.8) is 0 Å². The predicted octanol–water partition coefficient (Wildman–Crippen LogP) is 5.31. The smallest absolute Gasteiger partial charge is 0.265 e. The first-order chi connectivity index (χ1) is 12.7. The van der Waals surface area contributed by atoms with Gasteiger partial charge in [0.15, 0.2) is 0 Å². The van der Waals surface area contributed by atoms with Crippen LogP contribution in [0.15, 0.2) is 64.5 Å². The summed E-state index contributed by atoms with van der Waals surface area (Å²) in [7, 11) is 0. The first-order valence-electron chi connectivity index (χ1n) is 8.38. The molecule has 0 atom stereocenters. The third kappa shape index (κ3) is 5.84. The summed E-state index contributed by atoms with van der Waals surface area (Å²) >= 11 is 10.7. The van der Waals surface area contributed by atoms with Crippen LogP contribution in [0.3, 0.4) is 0 Å². The summed E-state index contributed by atoms with van der Waals surface area (Å²) in [5, 5.41) is 2.55. The van der Waals surface area contributed by atoms with E-state index < -0.39 is 0 Å². The van der Waals surface area contributed by atoms with Gasteiger partial charge in [0.2, 0.25) is 0 Å². The molecule has 6 heteroatoms. The van der Waals surface area contributed by atoms with Crippen molar-refractivity contribution < 1.29 is 9.47 Å². The van der Waals surface area contributed by atoms with E-state index in [1.54, 1.807) is 11.8 Å². The van der Waals surface area contributed by atoms with E-state index in [1.807, 2.05) is 40.6 Å². The number of nitrogens with zero attached hydrogens (tertiary/aromatic N) is 1. The Labute approximate surface area is 172 Å². The highest BCUT2D eigenvalue weighted by atomic mass is 79.9. The van der Waals surface area contributed by atoms with Crippen molar-refractivity contribution in [1.29, 1.82) is 0 Å². The van der Waals surface area contributed by atoms with E-state index in [0.717, 1.165) is 34.6 Å². The Morgan fingerprint density at radius 1 is 1.12 bits per heavy atom. The van der Waals surface area contributed by atoms with Gasteiger partial charge in [0.25, 0.3) is 5.17 Å². The van der Waals surface area contributed by atoms with Crippen LogP contribution in [0, 0.1) is 0 Å². The molecule has 0 aliphatic carbocycles. The molecule has 1 saturated heterocycles. The standard InChI is InChI=1S/C20H20BrNO2S2/c21-18-8-6-17(7-9-18)19(15-26-14-16-4-2-1-3-5-16)24-20(25)22-10-12-23-13-11-22/h1-9,15H,10-14H2/b19-15+. The number of thiocarbonyl (C=S) groups is 1. The molecule has 2 aromatic carbocycles. The molecule has 1 aliphatic rings. The second kappa shape index (κ2) is 10.1. The number of ether oxygens (including phenoxy) is 2. The average molecular weight is 450 g/mol. The minimum Gasteiger partial charge on any atom is -0.431 e. The number of rotatable bonds is 5. The van der Waals surface area contributed by atoms with Crippen molar-refractivity contribution in [2.45, 2.75) is 5.75 Å². The molecule has 0 saturated carbocycles. The van der Waals surface area contributed by atoms with E-state index >= 15 is 0 Å². The Balaban J connectivity index is 1.71. The predicted molar refractivity (Wildman–Crippen MR) is 116 cm³/mol. The lowest BCUT2D eigenvalue weighted by atomic mass is 10.2. The van der Waals surface area contributed by atoms with Gasteiger partial charge >= 0.3 is 0 Å². The fourth-order valence-electron chi connectivity index (χ4n) is 2.46. The molecule has 3 rings (SSSR count). The molecule has 0 unspecified atom stereocenters. The first kappa shape index (κ1) is 19.4. The van der Waals surface area contributed by atoms with Gasteiger partial charge in [-0.15, -0.1) is 11.8 Å². The van der Waals surface area contributed by atoms with Crippen LogP contribution in [0.2, 0.25) is 0 Å². The van der Waals surface area contributed by atoms with Gasteiger partial charge in [0.1, 0.15) is 5.76 Å². The Kier molecular flexibility index (Phi) is 7.55. The molecular formula is C20H20BrNO2S2. The second-order valence-corrected chi connectivity index (χ2v) is 7.88. The van der Waals surface area contributed by atoms with Crippen LogP contribution in [0.5, 0.6) is 0 Å². The molecule has 0 N–H and O–H groups in total. The van der Waals surface area contributed by atoms with Gasteiger partial charge in [0.05, 0.1) is 13.2 Å². The lowest BCUT2D eigenvalue weighted by Gasteiger charge is -2.28. The van der Waals surface area contributed by atoms with Crippen molar-refractivity contribution in [3.8, 4) is 0 Å². The van der Waals surface area contributed by atoms with E-state index in [1.165, 1.54) is 5.56 Å². The normalized spacial score (nSPS) is 15.0. The van der Waals surface area contributed by atoms with Gasteiger partial charge in [-0.1, -0.05) is 58.4 Å². The van der Waals surface area contributed by atoms with Gasteiger partial charge in [-0.05, 0) is 29.9 Å². The molecule has 0 aromatic heterocycles. The zero-order valence-electron chi connectivity index (χ0n) is 14.3. The van der Waals surface area contributed by atoms with E-state index in [-0.39, 0.29) is 0 Å². The molecule has 3 nitrogen and oxygen atoms in total. The molecular weight excluding hydrogens is 430 g/mol. The third-order valence-electron chi connectivity index (χ3n) is 3.88. The molecule has 0 amide bonds. The van der Waals surface area contributed by atoms with Crippen LogP contribution in [0.4, 0.5) is 0 Å². The Hall–Kier alpha value is -1.34. The fraction of sp³-hybridized carbons (Fsp3) is 0.250. The number of benzene rings is 2. The summed E-state index contributed by atoms with van der Waals surface area (Å²) in [6.45, 7) is 2.90. The van der Waals surface area contributed by atoms with Crippen LogP contribution in [0.1, 0.15) is 11.1 Å². The summed E-state index contributed by atoms with van der Waals surface area (Å²) < 4.78 is 12.5. The summed E-state index contributed by atoms with van der Waals surface area (Å²) in [6.07, 6.45) is 0. The largest absolute Gasteiger partial charge is 0.431 e. The molecule has 1 aliphatic heterocycles. The van der Waals surface area contributed by atoms with Crippen LogP contribution < -0.4 is 0 Å². The van der Waals surface area contributed by atoms with E-state index in [2.05, 4.69) is 40.2 Å². The van der Waals surface area contributed by atoms with Gasteiger partial charge in [-0.25, -0.2) is 0 Å². The molecule has 0 bridgehead atoms. The number of halogens is 1. The topological polar surface area (TPSA) is 21.7 Å². The molecule has 1 fully saturated rings. The van der Waals surface area contributed by atoms with Gasteiger partial charge in [0, 0.05) is 34.3 Å². The third-order valence-corrected chi connectivity index (χ3v) is 5.63. The van der Waals surface area contributed by atoms with Gasteiger partial charge in [-0.3, -0.25) is 0 Å². The molecule has 0 spiro atoms. The Morgan fingerprint density at radius 3 is 2.50 bits per heavy atom. The lowest BCUT2D eigenvalue weighted by molar-refractivity contribution is 0.0622. The summed E-state index contributed by atoms with van der Waals surface area (Å²) in [5.74, 6) is 1.66. The van der Waals surface area contributed by atoms with Crippen molar-refractivity contribution >= 4 is 50.8 Å². The quantitative estimate of drug-likeness (QED) is 0.453. The fourth-order valence-corrected chi connectivity index (χ4v) is 3.80. The highest BCUT2D eigenvalue weighted by Gasteiger charge is 2.17. The molecule has 0 radical (unpaired) electrons. The minimum absolute atomic E-state index is 0.503. The number of hydrogen-bond acceptors (Lipinski definition) is 4. The molecule has 136 valence electrons. The van der Waals surface area contributed by atoms with Crippen molar-refractivity contribution in [2.75, 3.05) is 26.3 Å². The number of hydrogen-bond donors (Lipinski definition) is 0. The molecule has 26 heavy (non-hydrogen) atoms. The van der Waals surface area contributed by atoms with Crippen molar-refractivity contribution in [2.24, 2.45) is 0 Å². The van der Waals surface area contributed by atoms with Crippen LogP contribution in [-0.4, -0.2) is 36.4 Å². The van der Waals surface area contributed by atoms with E-state index in [9.17, 15) is 0 Å². The zero-order chi connectivity index (χ0) is 18.2. The SMILES string of the molecule is S=C(O/C(=C/SCc1ccccc1)c1ccc(Br)cc1)N1CCOCC1. The lowest BCUT2D eigenvalue weighted by Crippen LogP contribution is -2.40. The zero-order valence-corrected chi connectivity index (χ0v) is 17.5. The Bertz CT molecular complexity index is 744. The maximum Gasteiger partial charge on any atom is 0.265 e. The van der Waals surface area contributed by atoms with E-state index in [4.69, 9.17) is 21.7 Å².